The lowest BCUT2D eigenvalue weighted by Gasteiger charge is -2.47. The average molecular weight is 214 g/mol. The Labute approximate surface area is 94.7 Å². The summed E-state index contributed by atoms with van der Waals surface area (Å²) in [5.74, 6) is 0. The lowest BCUT2D eigenvalue weighted by Crippen LogP contribution is -2.68. The molecule has 3 rings (SSSR count). The quantitative estimate of drug-likeness (QED) is 0.721. The predicted octanol–water partition coefficient (Wildman–Crippen LogP) is 0.629. The zero-order chi connectivity index (χ0) is 11.2. The minimum absolute atomic E-state index is 0.536. The fourth-order valence-corrected chi connectivity index (χ4v) is 2.83. The van der Waals surface area contributed by atoms with Crippen LogP contribution in [0.25, 0.3) is 0 Å². The number of hydrogen-bond acceptors (Lipinski definition) is 3. The molecule has 82 valence electrons. The van der Waals surface area contributed by atoms with Crippen molar-refractivity contribution in [2.75, 3.05) is 13.1 Å². The summed E-state index contributed by atoms with van der Waals surface area (Å²) < 4.78 is 0. The standard InChI is InChI=1S/C13H14N2O/c14-7-12(13(16)8-15-9-13)5-10-3-1-2-4-11(10)6-12/h1-4,15-16H,5-6,8-9H2. The molecule has 1 aliphatic heterocycles. The van der Waals surface area contributed by atoms with E-state index in [0.717, 1.165) is 0 Å². The van der Waals surface area contributed by atoms with Crippen LogP contribution in [-0.2, 0) is 12.8 Å². The first kappa shape index (κ1) is 9.83. The second-order valence-electron chi connectivity index (χ2n) is 4.95. The van der Waals surface area contributed by atoms with Crippen LogP contribution in [0.2, 0.25) is 0 Å². The second-order valence-corrected chi connectivity index (χ2v) is 4.95. The molecule has 3 nitrogen and oxygen atoms in total. The minimum atomic E-state index is -0.846. The first-order valence-corrected chi connectivity index (χ1v) is 5.60. The summed E-state index contributed by atoms with van der Waals surface area (Å²) in [4.78, 5) is 0. The molecule has 0 bridgehead atoms. The monoisotopic (exact) mass is 214 g/mol. The van der Waals surface area contributed by atoms with Gasteiger partial charge in [0.1, 0.15) is 5.60 Å². The SMILES string of the molecule is N#CC1(C2(O)CNC2)Cc2ccccc2C1. The number of nitrogens with zero attached hydrogens (tertiary/aromatic N) is 1. The molecule has 0 unspecified atom stereocenters. The van der Waals surface area contributed by atoms with Crippen LogP contribution in [-0.4, -0.2) is 23.8 Å². The van der Waals surface area contributed by atoms with Crippen LogP contribution in [0, 0.1) is 16.7 Å². The van der Waals surface area contributed by atoms with Gasteiger partial charge < -0.3 is 10.4 Å². The molecule has 1 aliphatic carbocycles. The number of fused-ring (bicyclic) bond motifs is 1. The molecule has 2 aliphatic rings. The highest BCUT2D eigenvalue weighted by Gasteiger charge is 2.57. The summed E-state index contributed by atoms with van der Waals surface area (Å²) in [5.41, 5.74) is 0.955. The van der Waals surface area contributed by atoms with Gasteiger partial charge >= 0.3 is 0 Å². The molecule has 2 N–H and O–H groups in total. The Morgan fingerprint density at radius 2 is 1.75 bits per heavy atom. The van der Waals surface area contributed by atoms with Crippen molar-refractivity contribution in [2.45, 2.75) is 18.4 Å². The van der Waals surface area contributed by atoms with Crippen LogP contribution in [0.1, 0.15) is 11.1 Å². The van der Waals surface area contributed by atoms with Crippen LogP contribution in [0.3, 0.4) is 0 Å². The molecule has 0 radical (unpaired) electrons. The van der Waals surface area contributed by atoms with Crippen molar-refractivity contribution in [2.24, 2.45) is 5.41 Å². The molecule has 16 heavy (non-hydrogen) atoms. The highest BCUT2D eigenvalue weighted by Crippen LogP contribution is 2.45. The summed E-state index contributed by atoms with van der Waals surface area (Å²) in [6.07, 6.45) is 1.36. The van der Waals surface area contributed by atoms with E-state index in [0.29, 0.717) is 25.9 Å². The summed E-state index contributed by atoms with van der Waals surface area (Å²) in [6.45, 7) is 1.07. The molecule has 0 amide bonds. The highest BCUT2D eigenvalue weighted by atomic mass is 16.3. The number of rotatable bonds is 1. The molecule has 1 saturated heterocycles. The molecular formula is C13H14N2O. The van der Waals surface area contributed by atoms with Gasteiger partial charge in [-0.05, 0) is 24.0 Å². The van der Waals surface area contributed by atoms with E-state index in [1.54, 1.807) is 0 Å². The summed E-state index contributed by atoms with van der Waals surface area (Å²) in [6, 6.07) is 10.5. The molecule has 0 spiro atoms. The van der Waals surface area contributed by atoms with Gasteiger partial charge in [-0.15, -0.1) is 0 Å². The van der Waals surface area contributed by atoms with E-state index in [9.17, 15) is 10.4 Å². The molecule has 0 saturated carbocycles. The Hall–Kier alpha value is -1.37. The summed E-state index contributed by atoms with van der Waals surface area (Å²) in [5, 5.41) is 23.0. The molecule has 1 fully saturated rings. The fourth-order valence-electron chi connectivity index (χ4n) is 2.83. The first-order valence-electron chi connectivity index (χ1n) is 5.60. The van der Waals surface area contributed by atoms with E-state index in [1.807, 2.05) is 12.1 Å². The number of β-amino-alcohol motifs (C(OH)–C–C–N with tert-alkyl or cyclic N) is 1. The van der Waals surface area contributed by atoms with Crippen molar-refractivity contribution in [1.82, 2.24) is 5.32 Å². The van der Waals surface area contributed by atoms with Crippen molar-refractivity contribution < 1.29 is 5.11 Å². The topological polar surface area (TPSA) is 56.0 Å². The number of benzene rings is 1. The van der Waals surface area contributed by atoms with Gasteiger partial charge in [0.15, 0.2) is 0 Å². The van der Waals surface area contributed by atoms with Crippen LogP contribution in [0.5, 0.6) is 0 Å². The van der Waals surface area contributed by atoms with E-state index in [4.69, 9.17) is 0 Å². The Morgan fingerprint density at radius 1 is 1.19 bits per heavy atom. The van der Waals surface area contributed by atoms with Gasteiger partial charge in [0, 0.05) is 13.1 Å². The van der Waals surface area contributed by atoms with Crippen molar-refractivity contribution in [3.63, 3.8) is 0 Å². The van der Waals surface area contributed by atoms with Crippen molar-refractivity contribution in [1.29, 1.82) is 5.26 Å². The Balaban J connectivity index is 2.01. The molecule has 1 aromatic carbocycles. The zero-order valence-corrected chi connectivity index (χ0v) is 9.03. The highest BCUT2D eigenvalue weighted by molar-refractivity contribution is 5.40. The maximum Gasteiger partial charge on any atom is 0.109 e. The Bertz CT molecular complexity index is 446. The van der Waals surface area contributed by atoms with E-state index in [2.05, 4.69) is 23.5 Å². The number of hydrogen-bond donors (Lipinski definition) is 2. The van der Waals surface area contributed by atoms with Gasteiger partial charge in [0.2, 0.25) is 0 Å². The van der Waals surface area contributed by atoms with Crippen molar-refractivity contribution >= 4 is 0 Å². The second kappa shape index (κ2) is 3.07. The van der Waals surface area contributed by atoms with Crippen LogP contribution < -0.4 is 5.32 Å². The lowest BCUT2D eigenvalue weighted by molar-refractivity contribution is -0.0903. The number of nitriles is 1. The number of nitrogens with one attached hydrogen (secondary N) is 1. The van der Waals surface area contributed by atoms with Crippen molar-refractivity contribution in [3.05, 3.63) is 35.4 Å². The lowest BCUT2D eigenvalue weighted by atomic mass is 9.67. The number of aliphatic hydroxyl groups is 1. The predicted molar refractivity (Wildman–Crippen MR) is 59.7 cm³/mol. The maximum atomic E-state index is 10.4. The smallest absolute Gasteiger partial charge is 0.109 e. The Morgan fingerprint density at radius 3 is 2.12 bits per heavy atom. The first-order chi connectivity index (χ1) is 7.69. The van der Waals surface area contributed by atoms with Gasteiger partial charge in [0.25, 0.3) is 0 Å². The zero-order valence-electron chi connectivity index (χ0n) is 9.03. The summed E-state index contributed by atoms with van der Waals surface area (Å²) >= 11 is 0. The third kappa shape index (κ3) is 1.09. The van der Waals surface area contributed by atoms with Gasteiger partial charge in [0.05, 0.1) is 11.5 Å². The van der Waals surface area contributed by atoms with Gasteiger partial charge in [-0.2, -0.15) is 5.26 Å². The molecular weight excluding hydrogens is 200 g/mol. The third-order valence-corrected chi connectivity index (χ3v) is 4.04. The van der Waals surface area contributed by atoms with Crippen LogP contribution in [0.4, 0.5) is 0 Å². The van der Waals surface area contributed by atoms with Crippen molar-refractivity contribution in [3.8, 4) is 6.07 Å². The van der Waals surface area contributed by atoms with Gasteiger partial charge in [-0.3, -0.25) is 0 Å². The van der Waals surface area contributed by atoms with Crippen LogP contribution >= 0.6 is 0 Å². The Kier molecular flexibility index (Phi) is 1.88. The van der Waals surface area contributed by atoms with Gasteiger partial charge in [-0.25, -0.2) is 0 Å². The average Bonchev–Trinajstić information content (AvgIpc) is 2.65. The molecule has 3 heteroatoms. The van der Waals surface area contributed by atoms with E-state index >= 15 is 0 Å². The van der Waals surface area contributed by atoms with E-state index < -0.39 is 11.0 Å². The fraction of sp³-hybridized carbons (Fsp3) is 0.462. The molecule has 0 aromatic heterocycles. The van der Waals surface area contributed by atoms with Crippen LogP contribution in [0.15, 0.2) is 24.3 Å². The van der Waals surface area contributed by atoms with E-state index in [-0.39, 0.29) is 0 Å². The third-order valence-electron chi connectivity index (χ3n) is 4.04. The summed E-state index contributed by atoms with van der Waals surface area (Å²) in [7, 11) is 0. The largest absolute Gasteiger partial charge is 0.386 e. The molecule has 1 heterocycles. The molecule has 1 aromatic rings. The normalized spacial score (nSPS) is 24.2. The maximum absolute atomic E-state index is 10.4. The minimum Gasteiger partial charge on any atom is -0.386 e. The van der Waals surface area contributed by atoms with E-state index in [1.165, 1.54) is 11.1 Å². The van der Waals surface area contributed by atoms with Gasteiger partial charge in [-0.1, -0.05) is 24.3 Å². The molecule has 0 atom stereocenters.